The van der Waals surface area contributed by atoms with Gasteiger partial charge in [0.1, 0.15) is 0 Å². The van der Waals surface area contributed by atoms with Gasteiger partial charge in [-0.15, -0.1) is 0 Å². The lowest BCUT2D eigenvalue weighted by atomic mass is 10.1. The van der Waals surface area contributed by atoms with Crippen LogP contribution in [0.3, 0.4) is 0 Å². The Morgan fingerprint density at radius 2 is 1.21 bits per heavy atom. The van der Waals surface area contributed by atoms with E-state index < -0.39 is 73.0 Å². The topological polar surface area (TPSA) is 91.8 Å². The van der Waals surface area contributed by atoms with Crippen molar-refractivity contribution < 1.29 is 60.9 Å². The van der Waals surface area contributed by atoms with Crippen LogP contribution < -0.4 is 0 Å². The van der Waals surface area contributed by atoms with Crippen molar-refractivity contribution in [2.24, 2.45) is 0 Å². The first-order chi connectivity index (χ1) is 12.2. The second-order valence-corrected chi connectivity index (χ2v) is 9.11. The molecule has 0 rings (SSSR count). The van der Waals surface area contributed by atoms with Crippen LogP contribution in [0.4, 0.5) is 39.5 Å². The second kappa shape index (κ2) is 8.51. The number of nitrogens with zero attached hydrogens (tertiary/aromatic N) is 1. The van der Waals surface area contributed by atoms with E-state index in [-0.39, 0.29) is 12.8 Å². The van der Waals surface area contributed by atoms with Crippen LogP contribution in [0.15, 0.2) is 0 Å². The monoisotopic (exact) mass is 477 g/mol. The van der Waals surface area contributed by atoms with E-state index in [9.17, 15) is 56.3 Å². The Balaban J connectivity index is 6.06. The Morgan fingerprint density at radius 3 is 1.57 bits per heavy atom. The number of alkyl halides is 9. The summed E-state index contributed by atoms with van der Waals surface area (Å²) in [6, 6.07) is 0. The lowest BCUT2D eigenvalue weighted by Crippen LogP contribution is -2.65. The molecule has 0 amide bonds. The van der Waals surface area contributed by atoms with Crippen molar-refractivity contribution in [1.29, 1.82) is 0 Å². The molecule has 0 spiro atoms. The fourth-order valence-corrected chi connectivity index (χ4v) is 3.80. The summed E-state index contributed by atoms with van der Waals surface area (Å²) in [5.74, 6) is -16.0. The molecule has 0 aromatic carbocycles. The van der Waals surface area contributed by atoms with Crippen LogP contribution in [0.2, 0.25) is 0 Å². The van der Waals surface area contributed by atoms with E-state index in [1.54, 1.807) is 0 Å². The molecule has 0 unspecified atom stereocenters. The molecule has 0 heterocycles. The number of unbranched alkanes of at least 4 members (excludes halogenated alkanes) is 1. The SMILES string of the molecule is CCCCN(CCCS(=O)(=O)O)S(=O)(=O)C(F)(F)C(F)(F)C(F)(F)C(F)(F)F. The Kier molecular flexibility index (Phi) is 8.26. The van der Waals surface area contributed by atoms with E-state index in [1.165, 1.54) is 6.92 Å². The zero-order valence-corrected chi connectivity index (χ0v) is 15.6. The first kappa shape index (κ1) is 27.2. The Bertz CT molecular complexity index is 734. The molecule has 0 saturated carbocycles. The van der Waals surface area contributed by atoms with Gasteiger partial charge in [0.15, 0.2) is 0 Å². The van der Waals surface area contributed by atoms with Gasteiger partial charge in [-0.25, -0.2) is 8.42 Å². The minimum Gasteiger partial charge on any atom is -0.286 e. The molecule has 1 N–H and O–H groups in total. The largest absolute Gasteiger partial charge is 0.460 e. The third-order valence-electron chi connectivity index (χ3n) is 3.35. The first-order valence-electron chi connectivity index (χ1n) is 7.32. The van der Waals surface area contributed by atoms with E-state index in [2.05, 4.69) is 0 Å². The summed E-state index contributed by atoms with van der Waals surface area (Å²) in [4.78, 5) is 0. The van der Waals surface area contributed by atoms with Gasteiger partial charge in [0, 0.05) is 13.1 Å². The van der Waals surface area contributed by atoms with Crippen molar-refractivity contribution in [3.8, 4) is 0 Å². The van der Waals surface area contributed by atoms with Crippen LogP contribution >= 0.6 is 0 Å². The lowest BCUT2D eigenvalue weighted by Gasteiger charge is -2.35. The van der Waals surface area contributed by atoms with Crippen LogP contribution in [0.25, 0.3) is 0 Å². The average molecular weight is 477 g/mol. The van der Waals surface area contributed by atoms with Crippen LogP contribution in [-0.4, -0.2) is 67.8 Å². The standard InChI is InChI=1S/C11H16F9NO5S2/c1-2-3-5-21(6-4-7-27(22,23)24)28(25,26)11(19,20)9(14,15)8(12,13)10(16,17)18/h2-7H2,1H3,(H,22,23,24). The maximum atomic E-state index is 13.8. The van der Waals surface area contributed by atoms with Gasteiger partial charge >= 0.3 is 23.3 Å². The van der Waals surface area contributed by atoms with Crippen LogP contribution in [-0.2, 0) is 20.1 Å². The normalized spacial score (nSPS) is 15.3. The maximum Gasteiger partial charge on any atom is 0.460 e. The van der Waals surface area contributed by atoms with Gasteiger partial charge in [-0.05, 0) is 12.8 Å². The molecule has 28 heavy (non-hydrogen) atoms. The molecule has 0 aromatic rings. The molecule has 0 aliphatic heterocycles. The van der Waals surface area contributed by atoms with Crippen molar-refractivity contribution in [3.63, 3.8) is 0 Å². The molecule has 170 valence electrons. The summed E-state index contributed by atoms with van der Waals surface area (Å²) < 4.78 is 169. The smallest absolute Gasteiger partial charge is 0.286 e. The average Bonchev–Trinajstić information content (AvgIpc) is 2.47. The van der Waals surface area contributed by atoms with Gasteiger partial charge in [0.05, 0.1) is 5.75 Å². The van der Waals surface area contributed by atoms with E-state index in [0.29, 0.717) is 0 Å². The molecule has 17 heteroatoms. The molecule has 0 aliphatic rings. The van der Waals surface area contributed by atoms with Crippen molar-refractivity contribution >= 4 is 20.1 Å². The van der Waals surface area contributed by atoms with Gasteiger partial charge < -0.3 is 0 Å². The Hall–Kier alpha value is -0.810. The maximum absolute atomic E-state index is 13.8. The van der Waals surface area contributed by atoms with Gasteiger partial charge in [-0.3, -0.25) is 4.55 Å². The summed E-state index contributed by atoms with van der Waals surface area (Å²) in [6.07, 6.45) is -8.32. The van der Waals surface area contributed by atoms with Gasteiger partial charge in [-0.1, -0.05) is 13.3 Å². The van der Waals surface area contributed by atoms with Crippen LogP contribution in [0.1, 0.15) is 26.2 Å². The molecule has 6 nitrogen and oxygen atoms in total. The van der Waals surface area contributed by atoms with E-state index >= 15 is 0 Å². The van der Waals surface area contributed by atoms with Crippen molar-refractivity contribution in [2.45, 2.75) is 49.5 Å². The van der Waals surface area contributed by atoms with Crippen molar-refractivity contribution in [2.75, 3.05) is 18.8 Å². The molecule has 0 saturated heterocycles. The summed E-state index contributed by atoms with van der Waals surface area (Å²) in [5, 5.41) is -6.88. The molecule has 0 bridgehead atoms. The molecule has 0 radical (unpaired) electrons. The molecular formula is C11H16F9NO5S2. The first-order valence-corrected chi connectivity index (χ1v) is 10.4. The third-order valence-corrected chi connectivity index (χ3v) is 6.10. The highest BCUT2D eigenvalue weighted by Gasteiger charge is 2.85. The highest BCUT2D eigenvalue weighted by molar-refractivity contribution is 7.90. The number of rotatable bonds is 11. The fraction of sp³-hybridized carbons (Fsp3) is 1.00. The Morgan fingerprint density at radius 1 is 0.786 bits per heavy atom. The van der Waals surface area contributed by atoms with Gasteiger partial charge in [0.2, 0.25) is 0 Å². The predicted molar refractivity (Wildman–Crippen MR) is 77.3 cm³/mol. The minimum atomic E-state index is -7.39. The summed E-state index contributed by atoms with van der Waals surface area (Å²) in [5.41, 5.74) is 0. The molecule has 0 aromatic heterocycles. The summed E-state index contributed by atoms with van der Waals surface area (Å²) >= 11 is 0. The zero-order valence-electron chi connectivity index (χ0n) is 14.0. The van der Waals surface area contributed by atoms with Gasteiger partial charge in [-0.2, -0.15) is 52.2 Å². The van der Waals surface area contributed by atoms with Crippen molar-refractivity contribution in [3.05, 3.63) is 0 Å². The molecule has 0 atom stereocenters. The Labute approximate surface area is 154 Å². The highest BCUT2D eigenvalue weighted by atomic mass is 32.2. The lowest BCUT2D eigenvalue weighted by molar-refractivity contribution is -0.382. The number of halogens is 9. The van der Waals surface area contributed by atoms with Crippen LogP contribution in [0, 0.1) is 0 Å². The van der Waals surface area contributed by atoms with E-state index in [0.717, 1.165) is 0 Å². The molecule has 0 aliphatic carbocycles. The van der Waals surface area contributed by atoms with Gasteiger partial charge in [0.25, 0.3) is 20.1 Å². The third kappa shape index (κ3) is 5.41. The molecule has 0 fully saturated rings. The van der Waals surface area contributed by atoms with Crippen LogP contribution in [0.5, 0.6) is 0 Å². The number of hydrogen-bond acceptors (Lipinski definition) is 4. The predicted octanol–water partition coefficient (Wildman–Crippen LogP) is 3.12. The highest BCUT2D eigenvalue weighted by Crippen LogP contribution is 2.55. The second-order valence-electron chi connectivity index (χ2n) is 5.56. The zero-order chi connectivity index (χ0) is 22.8. The molecular weight excluding hydrogens is 461 g/mol. The van der Waals surface area contributed by atoms with E-state index in [1.807, 2.05) is 0 Å². The quantitative estimate of drug-likeness (QED) is 0.365. The van der Waals surface area contributed by atoms with Crippen molar-refractivity contribution in [1.82, 2.24) is 4.31 Å². The fourth-order valence-electron chi connectivity index (χ4n) is 1.79. The van der Waals surface area contributed by atoms with E-state index in [4.69, 9.17) is 4.55 Å². The number of sulfonamides is 1. The minimum absolute atomic E-state index is 0.0744. The number of hydrogen-bond donors (Lipinski definition) is 1. The summed E-state index contributed by atoms with van der Waals surface area (Å²) in [7, 11) is -11.5. The summed E-state index contributed by atoms with van der Waals surface area (Å²) in [6.45, 7) is -0.869.